The van der Waals surface area contributed by atoms with E-state index in [9.17, 15) is 18.8 Å². The molecule has 9 heteroatoms. The number of nitriles is 1. The molecule has 3 atom stereocenters. The van der Waals surface area contributed by atoms with Crippen molar-refractivity contribution in [3.8, 4) is 6.07 Å². The number of nitrogens with zero attached hydrogens (tertiary/aromatic N) is 3. The quantitative estimate of drug-likeness (QED) is 0.478. The van der Waals surface area contributed by atoms with Gasteiger partial charge in [-0.2, -0.15) is 10.4 Å². The Balaban J connectivity index is 1.59. The Kier molecular flexibility index (Phi) is 7.43. The highest BCUT2D eigenvalue weighted by molar-refractivity contribution is 5.31. The molecule has 0 aliphatic carbocycles. The van der Waals surface area contributed by atoms with Gasteiger partial charge >= 0.3 is 5.69 Å². The Morgan fingerprint density at radius 1 is 1.17 bits per heavy atom. The Bertz CT molecular complexity index is 1200. The van der Waals surface area contributed by atoms with Crippen LogP contribution in [0.5, 0.6) is 0 Å². The number of aromatic nitrogens is 3. The van der Waals surface area contributed by atoms with Gasteiger partial charge in [-0.3, -0.25) is 4.57 Å². The molecule has 0 unspecified atom stereocenters. The van der Waals surface area contributed by atoms with Crippen LogP contribution < -0.4 is 11.0 Å². The summed E-state index contributed by atoms with van der Waals surface area (Å²) in [7, 11) is 0. The molecular formula is C26H29F2N5O2. The van der Waals surface area contributed by atoms with E-state index in [1.165, 1.54) is 17.0 Å². The molecule has 1 aliphatic rings. The molecule has 2 heterocycles. The van der Waals surface area contributed by atoms with Gasteiger partial charge < -0.3 is 10.1 Å². The third kappa shape index (κ3) is 5.04. The lowest BCUT2D eigenvalue weighted by atomic mass is 9.75. The summed E-state index contributed by atoms with van der Waals surface area (Å²) in [6.07, 6.45) is 2.36. The third-order valence-electron chi connectivity index (χ3n) is 7.00. The fourth-order valence-corrected chi connectivity index (χ4v) is 4.89. The largest absolute Gasteiger partial charge is 0.372 e. The average Bonchev–Trinajstić information content (AvgIpc) is 3.35. The molecule has 0 bridgehead atoms. The Morgan fingerprint density at radius 2 is 1.89 bits per heavy atom. The average molecular weight is 482 g/mol. The fourth-order valence-electron chi connectivity index (χ4n) is 4.89. The first-order valence-corrected chi connectivity index (χ1v) is 11.6. The maximum absolute atomic E-state index is 13.3. The van der Waals surface area contributed by atoms with Crippen molar-refractivity contribution >= 4 is 0 Å². The lowest BCUT2D eigenvalue weighted by Gasteiger charge is -2.47. The van der Waals surface area contributed by atoms with E-state index in [0.717, 1.165) is 11.1 Å². The Labute approximate surface area is 202 Å². The topological polar surface area (TPSA) is 95.7 Å². The minimum Gasteiger partial charge on any atom is -0.372 e. The van der Waals surface area contributed by atoms with E-state index in [2.05, 4.69) is 21.6 Å². The second-order valence-corrected chi connectivity index (χ2v) is 9.20. The molecule has 1 aromatic heterocycles. The number of ether oxygens (including phenoxy) is 1. The first kappa shape index (κ1) is 24.8. The van der Waals surface area contributed by atoms with Crippen LogP contribution in [-0.2, 0) is 29.2 Å². The maximum atomic E-state index is 13.3. The number of halogens is 2. The van der Waals surface area contributed by atoms with Gasteiger partial charge in [-0.1, -0.05) is 48.5 Å². The van der Waals surface area contributed by atoms with E-state index in [-0.39, 0.29) is 12.1 Å². The molecule has 4 rings (SSSR count). The fraction of sp³-hybridized carbons (Fsp3) is 0.423. The molecule has 3 aromatic rings. The normalized spacial score (nSPS) is 23.0. The number of piperidine rings is 1. The van der Waals surface area contributed by atoms with E-state index in [0.29, 0.717) is 37.1 Å². The smallest absolute Gasteiger partial charge is 0.343 e. The monoisotopic (exact) mass is 481 g/mol. The van der Waals surface area contributed by atoms with Gasteiger partial charge in [0, 0.05) is 6.54 Å². The molecule has 35 heavy (non-hydrogen) atoms. The molecule has 0 amide bonds. The van der Waals surface area contributed by atoms with Gasteiger partial charge in [0.1, 0.15) is 19.7 Å². The molecule has 1 aliphatic heterocycles. The summed E-state index contributed by atoms with van der Waals surface area (Å²) in [6, 6.07) is 17.1. The molecule has 2 N–H and O–H groups in total. The lowest BCUT2D eigenvalue weighted by Crippen LogP contribution is -2.60. The molecule has 7 nitrogen and oxygen atoms in total. The number of aromatic amines is 1. The van der Waals surface area contributed by atoms with Crippen molar-refractivity contribution in [2.24, 2.45) is 0 Å². The van der Waals surface area contributed by atoms with Gasteiger partial charge in [0.25, 0.3) is 0 Å². The van der Waals surface area contributed by atoms with Crippen molar-refractivity contribution in [1.29, 1.82) is 5.26 Å². The zero-order valence-corrected chi connectivity index (χ0v) is 19.6. The van der Waals surface area contributed by atoms with Crippen LogP contribution in [0.4, 0.5) is 8.78 Å². The van der Waals surface area contributed by atoms with E-state index >= 15 is 0 Å². The van der Waals surface area contributed by atoms with E-state index in [1.54, 1.807) is 12.1 Å². The van der Waals surface area contributed by atoms with Gasteiger partial charge in [0.05, 0.1) is 36.3 Å². The second-order valence-electron chi connectivity index (χ2n) is 9.20. The van der Waals surface area contributed by atoms with Gasteiger partial charge in [0.2, 0.25) is 0 Å². The molecule has 2 aromatic carbocycles. The van der Waals surface area contributed by atoms with Gasteiger partial charge in [-0.05, 0) is 42.0 Å². The summed E-state index contributed by atoms with van der Waals surface area (Å²) in [5.41, 5.74) is 0.943. The lowest BCUT2D eigenvalue weighted by molar-refractivity contribution is -0.00968. The number of H-pyrrole nitrogens is 1. The summed E-state index contributed by atoms with van der Waals surface area (Å²) in [6.45, 7) is 1.20. The standard InChI is InChI=1S/C26H29F2N5O2/c1-19(22-12-20(14-27)11-21(13-22)15-28)35-17-26(23-5-3-2-4-6-23)8-7-25(9-10-29,16-30-26)33-18-31-32-24(33)34/h2-6,11-13,18-19,30H,7-9,14-17H2,1H3,(H,32,34)/t19-,25-,26-/m1/s1. The van der Waals surface area contributed by atoms with Crippen LogP contribution in [0.3, 0.4) is 0 Å². The minimum absolute atomic E-state index is 0.156. The molecular weight excluding hydrogens is 452 g/mol. The number of benzene rings is 2. The number of nitrogens with one attached hydrogen (secondary N) is 2. The summed E-state index contributed by atoms with van der Waals surface area (Å²) < 4.78 is 34.4. The van der Waals surface area contributed by atoms with Crippen LogP contribution in [0.1, 0.15) is 54.5 Å². The first-order chi connectivity index (χ1) is 16.9. The second kappa shape index (κ2) is 10.5. The highest BCUT2D eigenvalue weighted by Crippen LogP contribution is 2.39. The van der Waals surface area contributed by atoms with Crippen LogP contribution in [0.15, 0.2) is 59.7 Å². The van der Waals surface area contributed by atoms with Crippen LogP contribution >= 0.6 is 0 Å². The van der Waals surface area contributed by atoms with Crippen LogP contribution in [0, 0.1) is 11.3 Å². The summed E-state index contributed by atoms with van der Waals surface area (Å²) in [5, 5.41) is 19.4. The van der Waals surface area contributed by atoms with Crippen LogP contribution in [-0.4, -0.2) is 27.9 Å². The highest BCUT2D eigenvalue weighted by Gasteiger charge is 2.45. The number of rotatable bonds is 9. The summed E-state index contributed by atoms with van der Waals surface area (Å²) >= 11 is 0. The SMILES string of the molecule is C[C@@H](OC[C@@]1(c2ccccc2)CC[C@](CC#N)(n2cn[nH]c2=O)CN1)c1cc(CF)cc(CF)c1. The highest BCUT2D eigenvalue weighted by atomic mass is 19.1. The number of alkyl halides is 2. The van der Waals surface area contributed by atoms with E-state index in [4.69, 9.17) is 4.74 Å². The minimum atomic E-state index is -0.728. The Morgan fingerprint density at radius 3 is 2.43 bits per heavy atom. The first-order valence-electron chi connectivity index (χ1n) is 11.6. The van der Waals surface area contributed by atoms with Crippen molar-refractivity contribution < 1.29 is 13.5 Å². The zero-order chi connectivity index (χ0) is 24.9. The maximum Gasteiger partial charge on any atom is 0.343 e. The van der Waals surface area contributed by atoms with Crippen molar-refractivity contribution in [3.05, 3.63) is 87.6 Å². The predicted molar refractivity (Wildman–Crippen MR) is 127 cm³/mol. The molecule has 0 saturated carbocycles. The predicted octanol–water partition coefficient (Wildman–Crippen LogP) is 4.18. The number of hydrogen-bond donors (Lipinski definition) is 2. The molecule has 1 fully saturated rings. The summed E-state index contributed by atoms with van der Waals surface area (Å²) in [5.74, 6) is 0. The Hall–Kier alpha value is -3.35. The van der Waals surface area contributed by atoms with Gasteiger partial charge in [-0.25, -0.2) is 18.7 Å². The van der Waals surface area contributed by atoms with Crippen molar-refractivity contribution in [2.75, 3.05) is 13.2 Å². The third-order valence-corrected chi connectivity index (χ3v) is 7.00. The number of hydrogen-bond acceptors (Lipinski definition) is 5. The van der Waals surface area contributed by atoms with Crippen molar-refractivity contribution in [1.82, 2.24) is 20.1 Å². The van der Waals surface area contributed by atoms with Crippen molar-refractivity contribution in [2.45, 2.75) is 56.7 Å². The van der Waals surface area contributed by atoms with Crippen molar-refractivity contribution in [3.63, 3.8) is 0 Å². The summed E-state index contributed by atoms with van der Waals surface area (Å²) in [4.78, 5) is 12.3. The molecule has 1 saturated heterocycles. The molecule has 0 spiro atoms. The zero-order valence-electron chi connectivity index (χ0n) is 19.6. The van der Waals surface area contributed by atoms with E-state index < -0.39 is 30.5 Å². The van der Waals surface area contributed by atoms with Crippen LogP contribution in [0.25, 0.3) is 0 Å². The molecule has 0 radical (unpaired) electrons. The van der Waals surface area contributed by atoms with E-state index in [1.807, 2.05) is 37.3 Å². The van der Waals surface area contributed by atoms with Gasteiger partial charge in [0.15, 0.2) is 0 Å². The van der Waals surface area contributed by atoms with Crippen LogP contribution in [0.2, 0.25) is 0 Å². The molecule has 184 valence electrons. The van der Waals surface area contributed by atoms with Gasteiger partial charge in [-0.15, -0.1) is 0 Å².